The monoisotopic (exact) mass is 268 g/mol. The normalized spacial score (nSPS) is 6.56. The van der Waals surface area contributed by atoms with Gasteiger partial charge in [0.25, 0.3) is 11.9 Å². The quantitative estimate of drug-likeness (QED) is 0.609. The van der Waals surface area contributed by atoms with Gasteiger partial charge in [-0.25, -0.2) is 0 Å². The number of carboxylic acids is 2. The molecule has 0 radical (unpaired) electrons. The molecule has 0 aromatic rings. The van der Waals surface area contributed by atoms with Crippen molar-refractivity contribution in [3.8, 4) is 0 Å². The summed E-state index contributed by atoms with van der Waals surface area (Å²) in [7, 11) is 2.70. The molecule has 0 heterocycles. The van der Waals surface area contributed by atoms with Gasteiger partial charge in [0, 0.05) is 27.7 Å². The molecule has 0 atom stereocenters. The van der Waals surface area contributed by atoms with Crippen molar-refractivity contribution in [1.29, 1.82) is 0 Å². The third kappa shape index (κ3) is 651. The fourth-order valence-corrected chi connectivity index (χ4v) is 0. The molecule has 18 heavy (non-hydrogen) atoms. The first-order chi connectivity index (χ1) is 8.00. The van der Waals surface area contributed by atoms with E-state index in [4.69, 9.17) is 19.8 Å². The number of hydrogen-bond donors (Lipinski definition) is 2. The lowest BCUT2D eigenvalue weighted by atomic mass is 10.8. The topological polar surface area (TPSA) is 127 Å². The number of hydrogen-bond acceptors (Lipinski definition) is 6. The van der Waals surface area contributed by atoms with E-state index in [0.717, 1.165) is 13.8 Å². The van der Waals surface area contributed by atoms with Crippen LogP contribution in [-0.4, -0.2) is 48.3 Å². The summed E-state index contributed by atoms with van der Waals surface area (Å²) >= 11 is 0. The number of carbonyl (C=O) groups is 4. The first-order valence-corrected chi connectivity index (χ1v) is 4.49. The summed E-state index contributed by atoms with van der Waals surface area (Å²) in [6.45, 7) is 4.89. The van der Waals surface area contributed by atoms with Crippen LogP contribution in [0.25, 0.3) is 0 Å². The van der Waals surface area contributed by atoms with Crippen LogP contribution in [-0.2, 0) is 28.7 Å². The van der Waals surface area contributed by atoms with Gasteiger partial charge in [-0.1, -0.05) is 0 Å². The highest BCUT2D eigenvalue weighted by molar-refractivity contribution is 5.65. The molecule has 0 unspecified atom stereocenters. The molecular formula is C10H20O8. The van der Waals surface area contributed by atoms with E-state index < -0.39 is 11.9 Å². The van der Waals surface area contributed by atoms with Crippen LogP contribution in [0.4, 0.5) is 0 Å². The van der Waals surface area contributed by atoms with E-state index in [1.807, 2.05) is 0 Å². The first-order valence-electron chi connectivity index (χ1n) is 4.49. The van der Waals surface area contributed by atoms with E-state index in [9.17, 15) is 9.59 Å². The molecule has 0 spiro atoms. The molecule has 8 nitrogen and oxygen atoms in total. The minimum atomic E-state index is -0.833. The maximum Gasteiger partial charge on any atom is 0.302 e. The Morgan fingerprint density at radius 3 is 0.722 bits per heavy atom. The van der Waals surface area contributed by atoms with Gasteiger partial charge in [0.05, 0.1) is 14.2 Å². The molecule has 0 rings (SSSR count). The lowest BCUT2D eigenvalue weighted by Gasteiger charge is -1.80. The summed E-state index contributed by atoms with van der Waals surface area (Å²) in [6.07, 6.45) is 0. The largest absolute Gasteiger partial charge is 0.481 e. The number of aliphatic carboxylic acids is 2. The third-order valence-corrected chi connectivity index (χ3v) is 0.575. The average molecular weight is 268 g/mol. The van der Waals surface area contributed by atoms with Crippen molar-refractivity contribution in [2.45, 2.75) is 27.7 Å². The Labute approximate surface area is 106 Å². The molecule has 0 saturated carbocycles. The minimum Gasteiger partial charge on any atom is -0.481 e. The van der Waals surface area contributed by atoms with Crippen LogP contribution in [0.15, 0.2) is 0 Å². The van der Waals surface area contributed by atoms with Crippen molar-refractivity contribution in [1.82, 2.24) is 0 Å². The second-order valence-corrected chi connectivity index (χ2v) is 2.43. The van der Waals surface area contributed by atoms with Crippen molar-refractivity contribution >= 4 is 23.9 Å². The highest BCUT2D eigenvalue weighted by Gasteiger charge is 1.76. The van der Waals surface area contributed by atoms with Gasteiger partial charge in [-0.3, -0.25) is 19.2 Å². The van der Waals surface area contributed by atoms with Crippen LogP contribution in [0, 0.1) is 0 Å². The smallest absolute Gasteiger partial charge is 0.302 e. The Morgan fingerprint density at radius 1 is 0.667 bits per heavy atom. The van der Waals surface area contributed by atoms with Crippen molar-refractivity contribution in [2.75, 3.05) is 14.2 Å². The molecule has 0 aliphatic heterocycles. The molecule has 0 bridgehead atoms. The maximum atomic E-state index is 9.59. The highest BCUT2D eigenvalue weighted by atomic mass is 16.5. The number of ether oxygens (including phenoxy) is 2. The zero-order valence-corrected chi connectivity index (χ0v) is 11.3. The Morgan fingerprint density at radius 2 is 0.722 bits per heavy atom. The van der Waals surface area contributed by atoms with Gasteiger partial charge in [0.15, 0.2) is 0 Å². The van der Waals surface area contributed by atoms with Crippen molar-refractivity contribution in [3.63, 3.8) is 0 Å². The number of carboxylic acid groups (broad SMARTS) is 2. The predicted octanol–water partition coefficient (Wildman–Crippen LogP) is 0.540. The SMILES string of the molecule is CC(=O)O.CC(=O)O.COC(C)=O.COC(C)=O. The second-order valence-electron chi connectivity index (χ2n) is 2.43. The highest BCUT2D eigenvalue weighted by Crippen LogP contribution is 1.60. The number of rotatable bonds is 0. The molecular weight excluding hydrogens is 248 g/mol. The zero-order valence-electron chi connectivity index (χ0n) is 11.3. The van der Waals surface area contributed by atoms with E-state index in [0.29, 0.717) is 0 Å². The van der Waals surface area contributed by atoms with Crippen LogP contribution in [0.2, 0.25) is 0 Å². The molecule has 0 saturated heterocycles. The summed E-state index contributed by atoms with van der Waals surface area (Å²) in [5.74, 6) is -2.16. The summed E-state index contributed by atoms with van der Waals surface area (Å²) in [6, 6.07) is 0. The van der Waals surface area contributed by atoms with Crippen LogP contribution in [0.3, 0.4) is 0 Å². The minimum absolute atomic E-state index is 0.245. The molecule has 0 aromatic carbocycles. The van der Waals surface area contributed by atoms with Gasteiger partial charge in [-0.15, -0.1) is 0 Å². The number of esters is 2. The maximum absolute atomic E-state index is 9.59. The van der Waals surface area contributed by atoms with Crippen LogP contribution in [0.1, 0.15) is 27.7 Å². The van der Waals surface area contributed by atoms with Crippen LogP contribution < -0.4 is 0 Å². The number of methoxy groups -OCH3 is 2. The fourth-order valence-electron chi connectivity index (χ4n) is 0. The zero-order chi connectivity index (χ0) is 15.7. The lowest BCUT2D eigenvalue weighted by molar-refractivity contribution is -0.138. The van der Waals surface area contributed by atoms with Gasteiger partial charge >= 0.3 is 11.9 Å². The van der Waals surface area contributed by atoms with E-state index in [1.54, 1.807) is 0 Å². The van der Waals surface area contributed by atoms with E-state index >= 15 is 0 Å². The molecule has 2 N–H and O–H groups in total. The van der Waals surface area contributed by atoms with E-state index in [1.165, 1.54) is 28.1 Å². The third-order valence-electron chi connectivity index (χ3n) is 0.575. The molecule has 0 fully saturated rings. The van der Waals surface area contributed by atoms with Gasteiger partial charge in [-0.05, 0) is 0 Å². The Balaban J connectivity index is -0.0000000731. The van der Waals surface area contributed by atoms with Crippen molar-refractivity contribution in [3.05, 3.63) is 0 Å². The summed E-state index contributed by atoms with van der Waals surface area (Å²) < 4.78 is 8.22. The Hall–Kier alpha value is -2.12. The first kappa shape index (κ1) is 24.9. The summed E-state index contributed by atoms with van der Waals surface area (Å²) in [5.41, 5.74) is 0. The summed E-state index contributed by atoms with van der Waals surface area (Å²) in [5, 5.41) is 14.8. The van der Waals surface area contributed by atoms with Gasteiger partial charge < -0.3 is 19.7 Å². The van der Waals surface area contributed by atoms with E-state index in [2.05, 4.69) is 9.47 Å². The molecule has 108 valence electrons. The Bertz CT molecular complexity index is 212. The summed E-state index contributed by atoms with van der Waals surface area (Å²) in [4.78, 5) is 37.2. The fraction of sp³-hybridized carbons (Fsp3) is 0.600. The second kappa shape index (κ2) is 20.3. The molecule has 0 aliphatic rings. The van der Waals surface area contributed by atoms with Crippen molar-refractivity contribution in [2.24, 2.45) is 0 Å². The molecule has 0 aliphatic carbocycles. The van der Waals surface area contributed by atoms with Gasteiger partial charge in [0.1, 0.15) is 0 Å². The predicted molar refractivity (Wildman–Crippen MR) is 62.0 cm³/mol. The average Bonchev–Trinajstić information content (AvgIpc) is 2.16. The molecule has 8 heteroatoms. The standard InChI is InChI=1S/2C3H6O2.2C2H4O2/c2*1-3(4)5-2;2*1-2(3)4/h2*1-2H3;2*1H3,(H,3,4). The Kier molecular flexibility index (Phi) is 28.1. The van der Waals surface area contributed by atoms with Crippen LogP contribution >= 0.6 is 0 Å². The van der Waals surface area contributed by atoms with Gasteiger partial charge in [-0.2, -0.15) is 0 Å². The van der Waals surface area contributed by atoms with Crippen LogP contribution in [0.5, 0.6) is 0 Å². The van der Waals surface area contributed by atoms with Crippen molar-refractivity contribution < 1.29 is 38.9 Å². The number of carbonyl (C=O) groups excluding carboxylic acids is 2. The van der Waals surface area contributed by atoms with E-state index in [-0.39, 0.29) is 11.9 Å². The molecule has 0 aromatic heterocycles. The lowest BCUT2D eigenvalue weighted by Crippen LogP contribution is -1.88. The molecule has 0 amide bonds. The van der Waals surface area contributed by atoms with Gasteiger partial charge in [0.2, 0.25) is 0 Å².